The minimum absolute atomic E-state index is 0.144. The summed E-state index contributed by atoms with van der Waals surface area (Å²) in [6.45, 7) is 3.79. The lowest BCUT2D eigenvalue weighted by atomic mass is 9.85. The quantitative estimate of drug-likeness (QED) is 0.708. The number of aryl methyl sites for hydroxylation is 1. The molecule has 1 aromatic heterocycles. The molecule has 5 heteroatoms. The molecule has 1 amide bonds. The summed E-state index contributed by atoms with van der Waals surface area (Å²) in [4.78, 5) is 38.0. The Labute approximate surface area is 167 Å². The van der Waals surface area contributed by atoms with E-state index < -0.39 is 0 Å². The number of pyridine rings is 1. The van der Waals surface area contributed by atoms with Gasteiger partial charge >= 0.3 is 0 Å². The normalized spacial score (nSPS) is 20.6. The molecule has 0 spiro atoms. The van der Waals surface area contributed by atoms with Crippen LogP contribution in [0.25, 0.3) is 0 Å². The number of Topliss-reactive ketones (excluding diaryl/α,β-unsaturated/α-hetero) is 1. The fourth-order valence-electron chi connectivity index (χ4n) is 4.60. The maximum Gasteiger partial charge on any atom is 0.275 e. The van der Waals surface area contributed by atoms with Crippen LogP contribution in [0.5, 0.6) is 0 Å². The summed E-state index contributed by atoms with van der Waals surface area (Å²) < 4.78 is 1.63. The Morgan fingerprint density at radius 3 is 2.64 bits per heavy atom. The van der Waals surface area contributed by atoms with Crippen molar-refractivity contribution in [2.75, 3.05) is 5.32 Å². The zero-order valence-corrected chi connectivity index (χ0v) is 17.3. The number of amides is 1. The van der Waals surface area contributed by atoms with Gasteiger partial charge in [0, 0.05) is 18.0 Å². The molecular weight excluding hydrogens is 352 g/mol. The van der Waals surface area contributed by atoms with Crippen molar-refractivity contribution in [1.82, 2.24) is 4.57 Å². The topological polar surface area (TPSA) is 68.2 Å². The van der Waals surface area contributed by atoms with Crippen molar-refractivity contribution in [3.8, 4) is 0 Å². The minimum Gasteiger partial charge on any atom is -0.321 e. The van der Waals surface area contributed by atoms with Gasteiger partial charge < -0.3 is 9.88 Å². The molecule has 1 fully saturated rings. The van der Waals surface area contributed by atoms with Crippen LogP contribution in [0, 0.1) is 11.8 Å². The number of nitrogens with zero attached hydrogens (tertiary/aromatic N) is 1. The molecule has 3 rings (SSSR count). The second-order valence-electron chi connectivity index (χ2n) is 8.63. The Balaban J connectivity index is 1.64. The van der Waals surface area contributed by atoms with Crippen LogP contribution in [0.4, 0.5) is 5.69 Å². The number of fused-ring (bicyclic) bond motifs is 1. The van der Waals surface area contributed by atoms with Crippen LogP contribution >= 0.6 is 0 Å². The predicted octanol–water partition coefficient (Wildman–Crippen LogP) is 4.64. The van der Waals surface area contributed by atoms with E-state index in [4.69, 9.17) is 0 Å². The number of hydrogen-bond donors (Lipinski definition) is 1. The van der Waals surface area contributed by atoms with Crippen LogP contribution in [-0.2, 0) is 16.0 Å². The summed E-state index contributed by atoms with van der Waals surface area (Å²) >= 11 is 0. The molecule has 5 nitrogen and oxygen atoms in total. The van der Waals surface area contributed by atoms with Gasteiger partial charge in [0.25, 0.3) is 5.56 Å². The number of nitrogens with one attached hydrogen (secondary N) is 1. The Kier molecular flexibility index (Phi) is 7.08. The van der Waals surface area contributed by atoms with Crippen molar-refractivity contribution < 1.29 is 9.59 Å². The number of carbonyl (C=O) groups is 2. The lowest BCUT2D eigenvalue weighted by Gasteiger charge is -2.21. The molecule has 2 aliphatic rings. The van der Waals surface area contributed by atoms with Crippen molar-refractivity contribution >= 4 is 17.4 Å². The van der Waals surface area contributed by atoms with E-state index in [1.54, 1.807) is 10.6 Å². The summed E-state index contributed by atoms with van der Waals surface area (Å²) in [5.74, 6) is 0.660. The molecule has 1 aliphatic heterocycles. The molecule has 0 radical (unpaired) electrons. The third-order valence-electron chi connectivity index (χ3n) is 6.64. The van der Waals surface area contributed by atoms with Crippen molar-refractivity contribution in [1.29, 1.82) is 0 Å². The van der Waals surface area contributed by atoms with Gasteiger partial charge in [0.2, 0.25) is 5.91 Å². The third kappa shape index (κ3) is 4.73. The summed E-state index contributed by atoms with van der Waals surface area (Å²) in [6, 6.07) is 3.20. The number of rotatable bonds is 8. The van der Waals surface area contributed by atoms with Gasteiger partial charge in [-0.2, -0.15) is 0 Å². The number of anilines is 1. The van der Waals surface area contributed by atoms with Gasteiger partial charge in [0.1, 0.15) is 5.69 Å². The van der Waals surface area contributed by atoms with E-state index in [9.17, 15) is 14.4 Å². The number of hydrogen-bond acceptors (Lipinski definition) is 3. The van der Waals surface area contributed by atoms with E-state index in [2.05, 4.69) is 5.32 Å². The summed E-state index contributed by atoms with van der Waals surface area (Å²) in [7, 11) is 0. The maximum atomic E-state index is 12.9. The molecule has 0 aromatic carbocycles. The van der Waals surface area contributed by atoms with Crippen molar-refractivity contribution in [3.63, 3.8) is 0 Å². The van der Waals surface area contributed by atoms with E-state index in [0.29, 0.717) is 12.8 Å². The maximum absolute atomic E-state index is 12.9. The van der Waals surface area contributed by atoms with Gasteiger partial charge in [-0.05, 0) is 43.7 Å². The summed E-state index contributed by atoms with van der Waals surface area (Å²) in [5, 5.41) is 2.75. The molecule has 1 aliphatic carbocycles. The van der Waals surface area contributed by atoms with Crippen molar-refractivity contribution in [2.24, 2.45) is 11.8 Å². The van der Waals surface area contributed by atoms with Crippen LogP contribution in [0.2, 0.25) is 0 Å². The fraction of sp³-hybridized carbons (Fsp3) is 0.696. The van der Waals surface area contributed by atoms with Gasteiger partial charge in [-0.1, -0.05) is 52.4 Å². The highest BCUT2D eigenvalue weighted by Crippen LogP contribution is 2.30. The van der Waals surface area contributed by atoms with E-state index in [1.165, 1.54) is 32.1 Å². The van der Waals surface area contributed by atoms with E-state index in [-0.39, 0.29) is 34.9 Å². The Bertz CT molecular complexity index is 762. The summed E-state index contributed by atoms with van der Waals surface area (Å²) in [6.07, 6.45) is 11.4. The Morgan fingerprint density at radius 1 is 1.18 bits per heavy atom. The zero-order chi connectivity index (χ0) is 20.1. The minimum atomic E-state index is -0.366. The van der Waals surface area contributed by atoms with Gasteiger partial charge in [-0.15, -0.1) is 0 Å². The molecule has 1 saturated carbocycles. The Hall–Kier alpha value is -1.91. The zero-order valence-electron chi connectivity index (χ0n) is 17.3. The number of carbonyl (C=O) groups excluding carboxylic acids is 2. The molecule has 0 saturated heterocycles. The lowest BCUT2D eigenvalue weighted by Crippen LogP contribution is -2.32. The van der Waals surface area contributed by atoms with Crippen LogP contribution in [0.1, 0.15) is 89.8 Å². The molecule has 2 atom stereocenters. The number of aromatic nitrogens is 1. The molecular formula is C23H34N2O3. The highest BCUT2D eigenvalue weighted by molar-refractivity contribution is 5.92. The summed E-state index contributed by atoms with van der Waals surface area (Å²) in [5.41, 5.74) is 0.949. The van der Waals surface area contributed by atoms with Crippen LogP contribution in [-0.4, -0.2) is 16.3 Å². The monoisotopic (exact) mass is 386 g/mol. The molecule has 2 heterocycles. The molecule has 154 valence electrons. The first kappa shape index (κ1) is 20.8. The molecule has 1 aromatic rings. The second kappa shape index (κ2) is 9.53. The third-order valence-corrected chi connectivity index (χ3v) is 6.64. The molecule has 28 heavy (non-hydrogen) atoms. The van der Waals surface area contributed by atoms with Crippen LogP contribution in [0.3, 0.4) is 0 Å². The largest absolute Gasteiger partial charge is 0.321 e. The first-order valence-electron chi connectivity index (χ1n) is 11.1. The number of ketones is 1. The Morgan fingerprint density at radius 2 is 1.93 bits per heavy atom. The second-order valence-corrected chi connectivity index (χ2v) is 8.63. The smallest absolute Gasteiger partial charge is 0.275 e. The van der Waals surface area contributed by atoms with E-state index >= 15 is 0 Å². The SMILES string of the molecule is CC[C@@H](C)C(=O)Nc1ccc2n(c1=O)[C@H](C(=O)CCCC1CCCCC1)CC2. The van der Waals surface area contributed by atoms with Crippen LogP contribution in [0.15, 0.2) is 16.9 Å². The fourth-order valence-corrected chi connectivity index (χ4v) is 4.60. The van der Waals surface area contributed by atoms with Gasteiger partial charge in [0.05, 0.1) is 6.04 Å². The highest BCUT2D eigenvalue weighted by Gasteiger charge is 2.30. The molecule has 0 bridgehead atoms. The molecule has 1 N–H and O–H groups in total. The van der Waals surface area contributed by atoms with E-state index in [0.717, 1.165) is 37.3 Å². The average molecular weight is 387 g/mol. The van der Waals surface area contributed by atoms with Gasteiger partial charge in [-0.3, -0.25) is 14.4 Å². The predicted molar refractivity (Wildman–Crippen MR) is 112 cm³/mol. The average Bonchev–Trinajstić information content (AvgIpc) is 3.15. The highest BCUT2D eigenvalue weighted by atomic mass is 16.2. The molecule has 0 unspecified atom stereocenters. The van der Waals surface area contributed by atoms with Crippen molar-refractivity contribution in [2.45, 2.75) is 90.5 Å². The lowest BCUT2D eigenvalue weighted by molar-refractivity contribution is -0.122. The standard InChI is InChI=1S/C23H34N2O3/c1-3-16(2)22(27)24-19-14-12-18-13-15-20(25(18)23(19)28)21(26)11-7-10-17-8-5-4-6-9-17/h12,14,16-17,20H,3-11,13,15H2,1-2H3,(H,24,27)/t16-,20+/m1/s1. The van der Waals surface area contributed by atoms with Crippen molar-refractivity contribution in [3.05, 3.63) is 28.2 Å². The first-order valence-corrected chi connectivity index (χ1v) is 11.1. The first-order chi connectivity index (χ1) is 13.5. The van der Waals surface area contributed by atoms with Gasteiger partial charge in [0.15, 0.2) is 5.78 Å². The van der Waals surface area contributed by atoms with E-state index in [1.807, 2.05) is 19.9 Å². The van der Waals surface area contributed by atoms with Crippen LogP contribution < -0.4 is 10.9 Å². The van der Waals surface area contributed by atoms with Gasteiger partial charge in [-0.25, -0.2) is 0 Å².